The molecule has 0 radical (unpaired) electrons. The molecule has 1 amide bonds. The number of carboxylic acid groups (broad SMARTS) is 1. The van der Waals surface area contributed by atoms with E-state index in [1.54, 1.807) is 11.0 Å². The number of nitrogens with two attached hydrogens (primary N) is 1. The largest absolute Gasteiger partial charge is 0.535 e. The number of ether oxygens (including phenoxy) is 2. The fourth-order valence-corrected chi connectivity index (χ4v) is 4.57. The molecule has 0 bridgehead atoms. The number of nitrogens with zero attached hydrogens (tertiary/aromatic N) is 1. The van der Waals surface area contributed by atoms with E-state index >= 15 is 0 Å². The van der Waals surface area contributed by atoms with Crippen LogP contribution in [0.3, 0.4) is 0 Å². The zero-order valence-corrected chi connectivity index (χ0v) is 17.0. The van der Waals surface area contributed by atoms with Gasteiger partial charge in [0.1, 0.15) is 23.2 Å². The first-order chi connectivity index (χ1) is 14.9. The second-order valence-corrected chi connectivity index (χ2v) is 8.72. The van der Waals surface area contributed by atoms with Crippen molar-refractivity contribution in [3.63, 3.8) is 0 Å². The molecule has 1 saturated carbocycles. The van der Waals surface area contributed by atoms with Crippen LogP contribution in [0.15, 0.2) is 12.1 Å². The molecule has 1 aromatic rings. The van der Waals surface area contributed by atoms with Crippen LogP contribution >= 0.6 is 0 Å². The minimum atomic E-state index is -1.16. The van der Waals surface area contributed by atoms with Crippen LogP contribution in [0.4, 0.5) is 0 Å². The van der Waals surface area contributed by atoms with Crippen molar-refractivity contribution in [1.29, 1.82) is 0 Å². The molecule has 2 saturated heterocycles. The summed E-state index contributed by atoms with van der Waals surface area (Å²) in [6, 6.07) is 3.60. The Morgan fingerprint density at radius 3 is 2.84 bits per heavy atom. The average Bonchev–Trinajstić information content (AvgIpc) is 3.52. The maximum atomic E-state index is 12.5. The Balaban J connectivity index is 1.18. The molecule has 3 fully saturated rings. The molecule has 166 valence electrons. The molecule has 3 aliphatic heterocycles. The van der Waals surface area contributed by atoms with E-state index in [0.29, 0.717) is 32.8 Å². The number of hydrogen-bond acceptors (Lipinski definition) is 8. The van der Waals surface area contributed by atoms with Gasteiger partial charge in [-0.05, 0) is 24.0 Å². The van der Waals surface area contributed by atoms with Crippen molar-refractivity contribution in [2.45, 2.75) is 42.8 Å². The van der Waals surface area contributed by atoms with Crippen molar-refractivity contribution in [1.82, 2.24) is 10.2 Å². The minimum Gasteiger partial charge on any atom is -0.535 e. The molecule has 0 spiro atoms. The van der Waals surface area contributed by atoms with E-state index in [1.165, 1.54) is 0 Å². The van der Waals surface area contributed by atoms with Gasteiger partial charge in [-0.2, -0.15) is 0 Å². The molecule has 31 heavy (non-hydrogen) atoms. The smallest absolute Gasteiger partial charge is 0.526 e. The number of rotatable bonds is 6. The average molecular weight is 431 g/mol. The number of aromatic carboxylic acids is 1. The first-order valence-electron chi connectivity index (χ1n) is 10.7. The van der Waals surface area contributed by atoms with Crippen molar-refractivity contribution in [3.8, 4) is 11.5 Å². The Morgan fingerprint density at radius 2 is 2.16 bits per heavy atom. The van der Waals surface area contributed by atoms with Crippen LogP contribution in [-0.4, -0.2) is 85.1 Å². The SMILES string of the molecule is NCC1COC(CC(=O)N2CC(Oc3ccc4c(c3C(=O)O)OB(O)[C@@H]3C[C@H]43)C2)CN1. The summed E-state index contributed by atoms with van der Waals surface area (Å²) < 4.78 is 17.1. The lowest BCUT2D eigenvalue weighted by Crippen LogP contribution is -2.57. The van der Waals surface area contributed by atoms with Crippen LogP contribution in [0.5, 0.6) is 11.5 Å². The first kappa shape index (κ1) is 20.6. The molecule has 10 nitrogen and oxygen atoms in total. The van der Waals surface area contributed by atoms with Crippen LogP contribution in [0.2, 0.25) is 5.82 Å². The monoisotopic (exact) mass is 431 g/mol. The summed E-state index contributed by atoms with van der Waals surface area (Å²) in [5.74, 6) is -0.615. The second-order valence-electron chi connectivity index (χ2n) is 8.72. The Labute approximate surface area is 179 Å². The van der Waals surface area contributed by atoms with Gasteiger partial charge < -0.3 is 40.2 Å². The minimum absolute atomic E-state index is 0.0204. The van der Waals surface area contributed by atoms with Crippen molar-refractivity contribution in [2.75, 3.05) is 32.8 Å². The lowest BCUT2D eigenvalue weighted by molar-refractivity contribution is -0.143. The van der Waals surface area contributed by atoms with Gasteiger partial charge in [0.2, 0.25) is 5.91 Å². The van der Waals surface area contributed by atoms with E-state index in [1.807, 2.05) is 6.07 Å². The van der Waals surface area contributed by atoms with Crippen LogP contribution in [0.25, 0.3) is 0 Å². The molecular formula is C20H26BN3O7. The zero-order chi connectivity index (χ0) is 21.7. The highest BCUT2D eigenvalue weighted by atomic mass is 16.5. The van der Waals surface area contributed by atoms with Gasteiger partial charge >= 0.3 is 13.1 Å². The van der Waals surface area contributed by atoms with Crippen LogP contribution in [-0.2, 0) is 9.53 Å². The normalized spacial score (nSPS) is 29.4. The highest BCUT2D eigenvalue weighted by Crippen LogP contribution is 2.60. The Bertz CT molecular complexity index is 886. The van der Waals surface area contributed by atoms with E-state index in [9.17, 15) is 19.7 Å². The number of fused-ring (bicyclic) bond motifs is 3. The number of amides is 1. The summed E-state index contributed by atoms with van der Waals surface area (Å²) in [5, 5.41) is 23.0. The number of carbonyl (C=O) groups is 2. The molecule has 5 rings (SSSR count). The van der Waals surface area contributed by atoms with E-state index < -0.39 is 13.1 Å². The van der Waals surface area contributed by atoms with Crippen LogP contribution in [0.1, 0.15) is 34.7 Å². The number of carboxylic acids is 1. The standard InChI is InChI=1S/C20H26BN3O7/c22-5-10-9-29-11(6-23-10)3-17(25)24-7-12(8-24)30-16-2-1-13-14-4-15(14)21(28)31-19(13)18(16)20(26)27/h1-2,10-12,14-15,23,28H,3-9,22H2,(H,26,27)/t10?,11?,14-,15-/m1/s1. The number of hydrogen-bond donors (Lipinski definition) is 4. The van der Waals surface area contributed by atoms with E-state index in [0.717, 1.165) is 12.0 Å². The third kappa shape index (κ3) is 3.86. The van der Waals surface area contributed by atoms with Crippen LogP contribution < -0.4 is 20.4 Å². The van der Waals surface area contributed by atoms with Gasteiger partial charge in [0.15, 0.2) is 0 Å². The molecule has 5 N–H and O–H groups in total. The van der Waals surface area contributed by atoms with Crippen LogP contribution in [0, 0.1) is 0 Å². The summed E-state index contributed by atoms with van der Waals surface area (Å²) in [5.41, 5.74) is 6.34. The van der Waals surface area contributed by atoms with Gasteiger partial charge in [0.25, 0.3) is 0 Å². The fourth-order valence-electron chi connectivity index (χ4n) is 4.57. The molecule has 4 aliphatic rings. The molecule has 2 unspecified atom stereocenters. The van der Waals surface area contributed by atoms with E-state index in [2.05, 4.69) is 5.32 Å². The summed E-state index contributed by atoms with van der Waals surface area (Å²) in [6.45, 7) is 2.35. The molecule has 0 aromatic heterocycles. The van der Waals surface area contributed by atoms with Crippen molar-refractivity contribution in [2.24, 2.45) is 5.73 Å². The summed E-state index contributed by atoms with van der Waals surface area (Å²) in [4.78, 5) is 26.1. The third-order valence-corrected chi connectivity index (χ3v) is 6.56. The molecule has 4 atom stereocenters. The number of morpholine rings is 1. The van der Waals surface area contributed by atoms with Gasteiger partial charge in [-0.25, -0.2) is 4.79 Å². The number of benzene rings is 1. The van der Waals surface area contributed by atoms with E-state index in [4.69, 9.17) is 19.9 Å². The quantitative estimate of drug-likeness (QED) is 0.435. The molecule has 3 heterocycles. The van der Waals surface area contributed by atoms with Gasteiger partial charge in [0.05, 0.1) is 32.2 Å². The summed E-state index contributed by atoms with van der Waals surface area (Å²) in [6.07, 6.45) is 0.601. The Kier molecular flexibility index (Phi) is 5.29. The Morgan fingerprint density at radius 1 is 1.35 bits per heavy atom. The van der Waals surface area contributed by atoms with Crippen molar-refractivity contribution in [3.05, 3.63) is 23.3 Å². The lowest BCUT2D eigenvalue weighted by atomic mass is 9.77. The third-order valence-electron chi connectivity index (χ3n) is 6.56. The lowest BCUT2D eigenvalue weighted by Gasteiger charge is -2.40. The predicted octanol–water partition coefficient (Wildman–Crippen LogP) is -0.589. The summed E-state index contributed by atoms with van der Waals surface area (Å²) in [7, 11) is -0.987. The van der Waals surface area contributed by atoms with E-state index in [-0.39, 0.29) is 59.4 Å². The summed E-state index contributed by atoms with van der Waals surface area (Å²) >= 11 is 0. The van der Waals surface area contributed by atoms with Gasteiger partial charge in [0, 0.05) is 24.9 Å². The number of nitrogens with one attached hydrogen (secondary N) is 1. The van der Waals surface area contributed by atoms with Gasteiger partial charge in [-0.1, -0.05) is 6.07 Å². The zero-order valence-electron chi connectivity index (χ0n) is 17.0. The highest BCUT2D eigenvalue weighted by Gasteiger charge is 2.54. The highest BCUT2D eigenvalue weighted by molar-refractivity contribution is 6.48. The topological polar surface area (TPSA) is 144 Å². The number of carbonyl (C=O) groups excluding carboxylic acids is 1. The second kappa shape index (κ2) is 7.97. The van der Waals surface area contributed by atoms with Gasteiger partial charge in [-0.15, -0.1) is 0 Å². The molecule has 11 heteroatoms. The maximum absolute atomic E-state index is 12.5. The predicted molar refractivity (Wildman–Crippen MR) is 109 cm³/mol. The molecule has 1 aromatic carbocycles. The number of likely N-dealkylation sites (tertiary alicyclic amines) is 1. The molecule has 1 aliphatic carbocycles. The fraction of sp³-hybridized carbons (Fsp3) is 0.600. The first-order valence-corrected chi connectivity index (χ1v) is 10.7. The maximum Gasteiger partial charge on any atom is 0.526 e. The van der Waals surface area contributed by atoms with Crippen molar-refractivity contribution >= 4 is 19.0 Å². The van der Waals surface area contributed by atoms with Gasteiger partial charge in [-0.3, -0.25) is 4.79 Å². The molecular weight excluding hydrogens is 405 g/mol. The van der Waals surface area contributed by atoms with Crippen molar-refractivity contribution < 1.29 is 33.8 Å². The Hall–Kier alpha value is -2.34.